The average Bonchev–Trinajstić information content (AvgIpc) is 3.44. The summed E-state index contributed by atoms with van der Waals surface area (Å²) in [5.41, 5.74) is 2.26. The third-order valence-electron chi connectivity index (χ3n) is 5.70. The quantitative estimate of drug-likeness (QED) is 0.626. The molecule has 1 aliphatic carbocycles. The summed E-state index contributed by atoms with van der Waals surface area (Å²) < 4.78 is 3.35. The molecule has 1 fully saturated rings. The van der Waals surface area contributed by atoms with E-state index in [-0.39, 0.29) is 5.56 Å². The minimum Gasteiger partial charge on any atom is -0.353 e. The van der Waals surface area contributed by atoms with Gasteiger partial charge in [0.1, 0.15) is 5.82 Å². The van der Waals surface area contributed by atoms with Crippen LogP contribution in [0.5, 0.6) is 0 Å². The number of anilines is 1. The molecule has 1 saturated heterocycles. The first-order chi connectivity index (χ1) is 14.3. The highest BCUT2D eigenvalue weighted by atomic mass is 16.1. The van der Waals surface area contributed by atoms with Crippen LogP contribution < -0.4 is 10.5 Å². The van der Waals surface area contributed by atoms with Crippen molar-refractivity contribution in [3.8, 4) is 5.82 Å². The van der Waals surface area contributed by atoms with Crippen LogP contribution in [0, 0.1) is 0 Å². The monoisotopic (exact) mass is 392 g/mol. The van der Waals surface area contributed by atoms with Crippen LogP contribution in [0.4, 0.5) is 5.82 Å². The predicted molar refractivity (Wildman–Crippen MR) is 108 cm³/mol. The summed E-state index contributed by atoms with van der Waals surface area (Å²) in [4.78, 5) is 25.9. The Morgan fingerprint density at radius 3 is 2.69 bits per heavy atom. The van der Waals surface area contributed by atoms with Gasteiger partial charge in [0.2, 0.25) is 0 Å². The van der Waals surface area contributed by atoms with Crippen LogP contribution in [-0.2, 0) is 19.4 Å². The third kappa shape index (κ3) is 3.77. The summed E-state index contributed by atoms with van der Waals surface area (Å²) in [7, 11) is 0. The molecule has 150 valence electrons. The Morgan fingerprint density at radius 1 is 1.00 bits per heavy atom. The zero-order valence-corrected chi connectivity index (χ0v) is 16.3. The molecule has 0 amide bonds. The largest absolute Gasteiger partial charge is 0.353 e. The molecule has 5 rings (SSSR count). The van der Waals surface area contributed by atoms with Crippen LogP contribution in [0.15, 0.2) is 41.7 Å². The molecule has 4 heterocycles. The predicted octanol–water partition coefficient (Wildman–Crippen LogP) is 0.530. The van der Waals surface area contributed by atoms with Gasteiger partial charge in [-0.15, -0.1) is 0 Å². The topological polar surface area (TPSA) is 85.0 Å². The number of hydrogen-bond acceptors (Lipinski definition) is 7. The lowest BCUT2D eigenvalue weighted by atomic mass is 10.2. The van der Waals surface area contributed by atoms with E-state index in [1.807, 2.05) is 12.3 Å². The number of nitrogens with zero attached hydrogens (tertiary/aromatic N) is 8. The lowest BCUT2D eigenvalue weighted by Gasteiger charge is -2.35. The molecule has 29 heavy (non-hydrogen) atoms. The van der Waals surface area contributed by atoms with Gasteiger partial charge < -0.3 is 4.90 Å². The number of aryl methyl sites for hydroxylation is 2. The van der Waals surface area contributed by atoms with Crippen molar-refractivity contribution in [1.29, 1.82) is 0 Å². The third-order valence-corrected chi connectivity index (χ3v) is 5.70. The molecule has 3 aromatic rings. The highest BCUT2D eigenvalue weighted by molar-refractivity contribution is 5.39. The van der Waals surface area contributed by atoms with Crippen LogP contribution in [0.2, 0.25) is 0 Å². The molecule has 0 bridgehead atoms. The minimum absolute atomic E-state index is 0.0231. The molecular weight excluding hydrogens is 368 g/mol. The van der Waals surface area contributed by atoms with Gasteiger partial charge in [0.15, 0.2) is 5.82 Å². The maximum absolute atomic E-state index is 12.3. The van der Waals surface area contributed by atoms with Crippen molar-refractivity contribution in [3.63, 3.8) is 0 Å². The standard InChI is InChI=1S/C20H24N8O/c29-20-13-16-3-1-4-17(16)24-28(20)12-9-25-7-10-26(11-8-25)18-14-21-15-19(23-18)27-6-2-5-22-27/h2,5-6,13-15H,1,3-4,7-12H2. The van der Waals surface area contributed by atoms with E-state index in [0.717, 1.165) is 74.9 Å². The fourth-order valence-corrected chi connectivity index (χ4v) is 4.05. The Balaban J connectivity index is 1.18. The van der Waals surface area contributed by atoms with Gasteiger partial charge in [0.05, 0.1) is 24.6 Å². The first kappa shape index (κ1) is 18.0. The van der Waals surface area contributed by atoms with Crippen LogP contribution in [-0.4, -0.2) is 67.2 Å². The highest BCUT2D eigenvalue weighted by Crippen LogP contribution is 2.17. The lowest BCUT2D eigenvalue weighted by Crippen LogP contribution is -2.48. The first-order valence-corrected chi connectivity index (χ1v) is 10.2. The number of fused-ring (bicyclic) bond motifs is 1. The highest BCUT2D eigenvalue weighted by Gasteiger charge is 2.20. The molecular formula is C20H24N8O. The molecule has 0 unspecified atom stereocenters. The summed E-state index contributed by atoms with van der Waals surface area (Å²) in [6, 6.07) is 3.65. The molecule has 0 saturated carbocycles. The normalized spacial score (nSPS) is 16.9. The summed E-state index contributed by atoms with van der Waals surface area (Å²) >= 11 is 0. The second kappa shape index (κ2) is 7.75. The average molecular weight is 392 g/mol. The van der Waals surface area contributed by atoms with Crippen LogP contribution >= 0.6 is 0 Å². The molecule has 9 heteroatoms. The van der Waals surface area contributed by atoms with Crippen LogP contribution in [0.25, 0.3) is 5.82 Å². The molecule has 1 aliphatic heterocycles. The molecule has 0 spiro atoms. The molecule has 3 aromatic heterocycles. The van der Waals surface area contributed by atoms with E-state index >= 15 is 0 Å². The summed E-state index contributed by atoms with van der Waals surface area (Å²) in [6.07, 6.45) is 10.2. The van der Waals surface area contributed by atoms with E-state index in [2.05, 4.69) is 25.0 Å². The van der Waals surface area contributed by atoms with E-state index < -0.39 is 0 Å². The first-order valence-electron chi connectivity index (χ1n) is 10.2. The van der Waals surface area contributed by atoms with Gasteiger partial charge in [-0.05, 0) is 30.9 Å². The molecule has 0 atom stereocenters. The fraction of sp³-hybridized carbons (Fsp3) is 0.450. The van der Waals surface area contributed by atoms with Gasteiger partial charge in [0.25, 0.3) is 5.56 Å². The number of piperazine rings is 1. The zero-order valence-electron chi connectivity index (χ0n) is 16.3. The maximum Gasteiger partial charge on any atom is 0.267 e. The van der Waals surface area contributed by atoms with E-state index in [1.54, 1.807) is 34.0 Å². The second-order valence-corrected chi connectivity index (χ2v) is 7.55. The zero-order chi connectivity index (χ0) is 19.6. The van der Waals surface area contributed by atoms with Crippen LogP contribution in [0.3, 0.4) is 0 Å². The molecule has 0 radical (unpaired) electrons. The van der Waals surface area contributed by atoms with Gasteiger partial charge >= 0.3 is 0 Å². The van der Waals surface area contributed by atoms with Crippen molar-refractivity contribution in [2.75, 3.05) is 37.6 Å². The lowest BCUT2D eigenvalue weighted by molar-refractivity contribution is 0.242. The van der Waals surface area contributed by atoms with Gasteiger partial charge in [-0.1, -0.05) is 0 Å². The molecule has 2 aliphatic rings. The van der Waals surface area contributed by atoms with E-state index in [1.165, 1.54) is 0 Å². The van der Waals surface area contributed by atoms with E-state index in [4.69, 9.17) is 4.98 Å². The van der Waals surface area contributed by atoms with Crippen molar-refractivity contribution in [2.45, 2.75) is 25.8 Å². The van der Waals surface area contributed by atoms with Crippen molar-refractivity contribution >= 4 is 5.82 Å². The summed E-state index contributed by atoms with van der Waals surface area (Å²) in [5, 5.41) is 8.79. The Kier molecular flexibility index (Phi) is 4.81. The molecule has 0 N–H and O–H groups in total. The Morgan fingerprint density at radius 2 is 1.86 bits per heavy atom. The number of hydrogen-bond donors (Lipinski definition) is 0. The van der Waals surface area contributed by atoms with Crippen molar-refractivity contribution in [3.05, 3.63) is 58.5 Å². The summed E-state index contributed by atoms with van der Waals surface area (Å²) in [6.45, 7) is 5.08. The number of aromatic nitrogens is 6. The van der Waals surface area contributed by atoms with Gasteiger partial charge in [-0.25, -0.2) is 14.3 Å². The van der Waals surface area contributed by atoms with E-state index in [0.29, 0.717) is 6.54 Å². The van der Waals surface area contributed by atoms with Gasteiger partial charge in [-0.3, -0.25) is 14.7 Å². The Hall–Kier alpha value is -3.07. The Bertz CT molecular complexity index is 1040. The Labute approximate surface area is 168 Å². The van der Waals surface area contributed by atoms with Crippen molar-refractivity contribution in [2.24, 2.45) is 0 Å². The fourth-order valence-electron chi connectivity index (χ4n) is 4.05. The smallest absolute Gasteiger partial charge is 0.267 e. The van der Waals surface area contributed by atoms with Crippen molar-refractivity contribution in [1.82, 2.24) is 34.4 Å². The maximum atomic E-state index is 12.3. The van der Waals surface area contributed by atoms with Crippen LogP contribution in [0.1, 0.15) is 17.7 Å². The van der Waals surface area contributed by atoms with Crippen molar-refractivity contribution < 1.29 is 0 Å². The SMILES string of the molecule is O=c1cc2c(nn1CCN1CCN(c3cncc(-n4cccn4)n3)CC1)CCC2. The molecule has 0 aromatic carbocycles. The second-order valence-electron chi connectivity index (χ2n) is 7.55. The van der Waals surface area contributed by atoms with E-state index in [9.17, 15) is 4.79 Å². The van der Waals surface area contributed by atoms with Gasteiger partial charge in [0, 0.05) is 51.2 Å². The minimum atomic E-state index is 0.0231. The molecule has 9 nitrogen and oxygen atoms in total. The number of rotatable bonds is 5. The summed E-state index contributed by atoms with van der Waals surface area (Å²) in [5.74, 6) is 1.59. The van der Waals surface area contributed by atoms with Gasteiger partial charge in [-0.2, -0.15) is 10.2 Å².